The zero-order valence-electron chi connectivity index (χ0n) is 16.5. The first kappa shape index (κ1) is 22.0. The molecule has 0 fully saturated rings. The van der Waals surface area contributed by atoms with Crippen molar-refractivity contribution in [3.63, 3.8) is 0 Å². The fraction of sp³-hybridized carbons (Fsp3) is 0.174. The molecule has 0 bridgehead atoms. The lowest BCUT2D eigenvalue weighted by Gasteiger charge is -2.18. The average molecular weight is 443 g/mol. The minimum Gasteiger partial charge on any atom is -0.352 e. The molecule has 0 saturated heterocycles. The van der Waals surface area contributed by atoms with Gasteiger partial charge in [0.2, 0.25) is 10.0 Å². The molecular formula is C23H23ClN2O3S. The summed E-state index contributed by atoms with van der Waals surface area (Å²) in [5, 5.41) is 3.07. The number of carbonyl (C=O) groups excluding carboxylic acids is 1. The molecule has 3 rings (SSSR count). The molecule has 2 N–H and O–H groups in total. The molecule has 30 heavy (non-hydrogen) atoms. The van der Waals surface area contributed by atoms with E-state index in [9.17, 15) is 13.2 Å². The van der Waals surface area contributed by atoms with E-state index >= 15 is 0 Å². The Bertz CT molecular complexity index is 1060. The van der Waals surface area contributed by atoms with Gasteiger partial charge in [0, 0.05) is 12.5 Å². The molecule has 1 amide bonds. The standard InChI is InChI=1S/C23H23ClN2O3S/c1-25-30(28,29)19-12-13-22(24)21(16-19)23(27)26-15-14-20(17-8-4-2-5-9-17)18-10-6-3-7-11-18/h2-13,16,20,25H,14-15H2,1H3,(H,26,27). The van der Waals surface area contributed by atoms with Gasteiger partial charge >= 0.3 is 0 Å². The van der Waals surface area contributed by atoms with Gasteiger partial charge in [0.25, 0.3) is 5.91 Å². The number of hydrogen-bond acceptors (Lipinski definition) is 3. The van der Waals surface area contributed by atoms with Gasteiger partial charge in [-0.1, -0.05) is 72.3 Å². The van der Waals surface area contributed by atoms with Gasteiger partial charge in [0.1, 0.15) is 0 Å². The van der Waals surface area contributed by atoms with Crippen LogP contribution >= 0.6 is 11.6 Å². The molecule has 0 aliphatic heterocycles. The van der Waals surface area contributed by atoms with Crippen LogP contribution in [0.25, 0.3) is 0 Å². The summed E-state index contributed by atoms with van der Waals surface area (Å²) in [5.41, 5.74) is 2.46. The van der Waals surface area contributed by atoms with E-state index in [1.54, 1.807) is 0 Å². The van der Waals surface area contributed by atoms with Crippen LogP contribution in [-0.4, -0.2) is 27.9 Å². The Morgan fingerprint density at radius 1 is 0.933 bits per heavy atom. The Labute approximate surface area is 182 Å². The van der Waals surface area contributed by atoms with Crippen molar-refractivity contribution in [3.05, 3.63) is 101 Å². The Morgan fingerprint density at radius 2 is 1.50 bits per heavy atom. The van der Waals surface area contributed by atoms with Crippen molar-refractivity contribution >= 4 is 27.5 Å². The molecule has 5 nitrogen and oxygen atoms in total. The highest BCUT2D eigenvalue weighted by Crippen LogP contribution is 2.27. The number of carbonyl (C=O) groups is 1. The Balaban J connectivity index is 1.74. The summed E-state index contributed by atoms with van der Waals surface area (Å²) in [5.74, 6) is -0.285. The van der Waals surface area contributed by atoms with Gasteiger partial charge in [-0.25, -0.2) is 13.1 Å². The molecular weight excluding hydrogens is 420 g/mol. The third kappa shape index (κ3) is 5.27. The van der Waals surface area contributed by atoms with E-state index in [0.717, 1.165) is 11.1 Å². The van der Waals surface area contributed by atoms with Crippen LogP contribution in [0, 0.1) is 0 Å². The zero-order chi connectivity index (χ0) is 21.6. The van der Waals surface area contributed by atoms with Crippen LogP contribution < -0.4 is 10.0 Å². The van der Waals surface area contributed by atoms with E-state index < -0.39 is 15.9 Å². The smallest absolute Gasteiger partial charge is 0.252 e. The molecule has 0 saturated carbocycles. The zero-order valence-corrected chi connectivity index (χ0v) is 18.1. The highest BCUT2D eigenvalue weighted by atomic mass is 35.5. The van der Waals surface area contributed by atoms with Crippen molar-refractivity contribution in [2.75, 3.05) is 13.6 Å². The molecule has 3 aromatic carbocycles. The summed E-state index contributed by atoms with van der Waals surface area (Å²) in [4.78, 5) is 12.7. The van der Waals surface area contributed by atoms with E-state index in [4.69, 9.17) is 11.6 Å². The Kier molecular flexibility index (Phi) is 7.26. The van der Waals surface area contributed by atoms with Crippen LogP contribution in [-0.2, 0) is 10.0 Å². The Hall–Kier alpha value is -2.67. The maximum Gasteiger partial charge on any atom is 0.252 e. The van der Waals surface area contributed by atoms with Crippen LogP contribution in [0.2, 0.25) is 5.02 Å². The molecule has 0 aliphatic carbocycles. The van der Waals surface area contributed by atoms with Gasteiger partial charge in [-0.3, -0.25) is 4.79 Å². The summed E-state index contributed by atoms with van der Waals surface area (Å²) < 4.78 is 26.3. The summed E-state index contributed by atoms with van der Waals surface area (Å²) in [6.45, 7) is 0.409. The van der Waals surface area contributed by atoms with E-state index in [1.807, 2.05) is 36.4 Å². The number of benzene rings is 3. The summed E-state index contributed by atoms with van der Waals surface area (Å²) >= 11 is 6.14. The number of sulfonamides is 1. The number of amides is 1. The lowest BCUT2D eigenvalue weighted by Crippen LogP contribution is -2.27. The molecule has 0 aromatic heterocycles. The van der Waals surface area contributed by atoms with Crippen molar-refractivity contribution in [2.45, 2.75) is 17.2 Å². The van der Waals surface area contributed by atoms with E-state index in [1.165, 1.54) is 25.2 Å². The molecule has 0 spiro atoms. The molecule has 0 aliphatic rings. The van der Waals surface area contributed by atoms with Crippen LogP contribution in [0.1, 0.15) is 33.8 Å². The lowest BCUT2D eigenvalue weighted by molar-refractivity contribution is 0.0952. The number of nitrogens with one attached hydrogen (secondary N) is 2. The Morgan fingerprint density at radius 3 is 2.03 bits per heavy atom. The van der Waals surface area contributed by atoms with Crippen molar-refractivity contribution in [2.24, 2.45) is 0 Å². The minimum absolute atomic E-state index is 0.00834. The summed E-state index contributed by atoms with van der Waals surface area (Å²) in [6.07, 6.45) is 0.686. The first-order chi connectivity index (χ1) is 14.4. The first-order valence-electron chi connectivity index (χ1n) is 9.53. The number of hydrogen-bond donors (Lipinski definition) is 2. The molecule has 3 aromatic rings. The summed E-state index contributed by atoms with van der Waals surface area (Å²) in [6, 6.07) is 24.3. The normalized spacial score (nSPS) is 11.4. The van der Waals surface area contributed by atoms with E-state index in [-0.39, 0.29) is 21.4 Å². The second kappa shape index (κ2) is 9.89. The van der Waals surface area contributed by atoms with Crippen LogP contribution in [0.15, 0.2) is 83.8 Å². The second-order valence-electron chi connectivity index (χ2n) is 6.77. The number of rotatable bonds is 8. The van der Waals surface area contributed by atoms with Crippen LogP contribution in [0.5, 0.6) is 0 Å². The quantitative estimate of drug-likeness (QED) is 0.549. The maximum absolute atomic E-state index is 12.7. The van der Waals surface area contributed by atoms with Crippen LogP contribution in [0.4, 0.5) is 0 Å². The monoisotopic (exact) mass is 442 g/mol. The highest BCUT2D eigenvalue weighted by Gasteiger charge is 2.18. The number of halogens is 1. The molecule has 0 heterocycles. The van der Waals surface area contributed by atoms with Gasteiger partial charge in [-0.15, -0.1) is 0 Å². The van der Waals surface area contributed by atoms with Gasteiger partial charge in [-0.05, 0) is 42.8 Å². The SMILES string of the molecule is CNS(=O)(=O)c1ccc(Cl)c(C(=O)NCCC(c2ccccc2)c2ccccc2)c1. The highest BCUT2D eigenvalue weighted by molar-refractivity contribution is 7.89. The fourth-order valence-electron chi connectivity index (χ4n) is 3.29. The van der Waals surface area contributed by atoms with Crippen molar-refractivity contribution in [1.82, 2.24) is 10.0 Å². The summed E-state index contributed by atoms with van der Waals surface area (Å²) in [7, 11) is -2.35. The molecule has 0 radical (unpaired) electrons. The molecule has 0 atom stereocenters. The van der Waals surface area contributed by atoms with Crippen molar-refractivity contribution in [3.8, 4) is 0 Å². The van der Waals surface area contributed by atoms with Crippen molar-refractivity contribution < 1.29 is 13.2 Å². The predicted molar refractivity (Wildman–Crippen MR) is 119 cm³/mol. The third-order valence-corrected chi connectivity index (χ3v) is 6.63. The van der Waals surface area contributed by atoms with Gasteiger partial charge in [-0.2, -0.15) is 0 Å². The van der Waals surface area contributed by atoms with E-state index in [0.29, 0.717) is 13.0 Å². The topological polar surface area (TPSA) is 75.3 Å². The van der Waals surface area contributed by atoms with Crippen LogP contribution in [0.3, 0.4) is 0 Å². The molecule has 156 valence electrons. The molecule has 7 heteroatoms. The minimum atomic E-state index is -3.67. The first-order valence-corrected chi connectivity index (χ1v) is 11.4. The predicted octanol–water partition coefficient (Wildman–Crippen LogP) is 4.20. The molecule has 0 unspecified atom stereocenters. The maximum atomic E-state index is 12.7. The second-order valence-corrected chi connectivity index (χ2v) is 9.06. The average Bonchev–Trinajstić information content (AvgIpc) is 2.78. The lowest BCUT2D eigenvalue weighted by atomic mass is 9.88. The van der Waals surface area contributed by atoms with E-state index in [2.05, 4.69) is 34.3 Å². The van der Waals surface area contributed by atoms with Gasteiger partial charge < -0.3 is 5.32 Å². The third-order valence-electron chi connectivity index (χ3n) is 4.88. The van der Waals surface area contributed by atoms with Gasteiger partial charge in [0.05, 0.1) is 15.5 Å². The fourth-order valence-corrected chi connectivity index (χ4v) is 4.24. The van der Waals surface area contributed by atoms with Crippen molar-refractivity contribution in [1.29, 1.82) is 0 Å². The van der Waals surface area contributed by atoms with Gasteiger partial charge in [0.15, 0.2) is 0 Å². The largest absolute Gasteiger partial charge is 0.352 e.